The summed E-state index contributed by atoms with van der Waals surface area (Å²) < 4.78 is 13.9. The van der Waals surface area contributed by atoms with Gasteiger partial charge in [0.15, 0.2) is 6.29 Å². The minimum atomic E-state index is -0.864. The van der Waals surface area contributed by atoms with Crippen molar-refractivity contribution in [2.75, 3.05) is 26.4 Å². The predicted octanol–water partition coefficient (Wildman–Crippen LogP) is 0.640. The molecule has 0 saturated heterocycles. The quantitative estimate of drug-likeness (QED) is 0.357. The fraction of sp³-hybridized carbons (Fsp3) is 0.600. The molecule has 1 unspecified atom stereocenters. The molecule has 0 amide bonds. The van der Waals surface area contributed by atoms with Gasteiger partial charge in [0, 0.05) is 6.61 Å². The molecule has 0 rings (SSSR count). The summed E-state index contributed by atoms with van der Waals surface area (Å²) in [6.45, 7) is 9.09. The summed E-state index contributed by atoms with van der Waals surface area (Å²) >= 11 is 0. The van der Waals surface area contributed by atoms with Gasteiger partial charge in [-0.15, -0.1) is 0 Å². The van der Waals surface area contributed by atoms with Crippen molar-refractivity contribution in [3.63, 3.8) is 0 Å². The van der Waals surface area contributed by atoms with Gasteiger partial charge >= 0.3 is 0 Å². The number of hydrogen-bond donors (Lipinski definition) is 2. The highest BCUT2D eigenvalue weighted by Crippen LogP contribution is 1.86. The summed E-state index contributed by atoms with van der Waals surface area (Å²) in [6.07, 6.45) is 1.76. The van der Waals surface area contributed by atoms with E-state index in [2.05, 4.69) is 17.9 Å². The SMILES string of the molecule is C=COC=C.CCOC(O)COCCO. The van der Waals surface area contributed by atoms with E-state index in [0.717, 1.165) is 0 Å². The van der Waals surface area contributed by atoms with Crippen molar-refractivity contribution >= 4 is 0 Å². The maximum atomic E-state index is 8.85. The number of ether oxygens (including phenoxy) is 3. The summed E-state index contributed by atoms with van der Waals surface area (Å²) in [6, 6.07) is 0. The van der Waals surface area contributed by atoms with Crippen molar-refractivity contribution in [3.05, 3.63) is 25.7 Å². The van der Waals surface area contributed by atoms with E-state index in [4.69, 9.17) is 19.7 Å². The molecule has 2 N–H and O–H groups in total. The van der Waals surface area contributed by atoms with Crippen LogP contribution in [0.5, 0.6) is 0 Å². The second-order valence-corrected chi connectivity index (χ2v) is 2.18. The first-order chi connectivity index (χ1) is 7.22. The Kier molecular flexibility index (Phi) is 17.2. The number of rotatable bonds is 8. The Morgan fingerprint density at radius 3 is 2.27 bits per heavy atom. The van der Waals surface area contributed by atoms with Gasteiger partial charge in [-0.05, 0) is 6.92 Å². The lowest BCUT2D eigenvalue weighted by Gasteiger charge is -2.09. The van der Waals surface area contributed by atoms with Gasteiger partial charge < -0.3 is 24.4 Å². The Morgan fingerprint density at radius 1 is 1.33 bits per heavy atom. The van der Waals surface area contributed by atoms with Crippen LogP contribution in [-0.2, 0) is 14.2 Å². The minimum absolute atomic E-state index is 0.0289. The first-order valence-electron chi connectivity index (χ1n) is 4.58. The summed E-state index contributed by atoms with van der Waals surface area (Å²) in [4.78, 5) is 0. The number of aliphatic hydroxyl groups excluding tert-OH is 2. The molecule has 0 heterocycles. The second-order valence-electron chi connectivity index (χ2n) is 2.18. The zero-order chi connectivity index (χ0) is 11.9. The van der Waals surface area contributed by atoms with Gasteiger partial charge in [-0.3, -0.25) is 0 Å². The van der Waals surface area contributed by atoms with E-state index in [0.29, 0.717) is 6.61 Å². The average molecular weight is 220 g/mol. The van der Waals surface area contributed by atoms with Gasteiger partial charge in [0.05, 0.1) is 32.3 Å². The maximum absolute atomic E-state index is 8.85. The first kappa shape index (κ1) is 16.5. The van der Waals surface area contributed by atoms with Crippen LogP contribution in [0.25, 0.3) is 0 Å². The monoisotopic (exact) mass is 220 g/mol. The highest BCUT2D eigenvalue weighted by Gasteiger charge is 2.00. The first-order valence-corrected chi connectivity index (χ1v) is 4.58. The molecule has 5 heteroatoms. The topological polar surface area (TPSA) is 68.2 Å². The second kappa shape index (κ2) is 15.6. The summed E-state index contributed by atoms with van der Waals surface area (Å²) in [5.74, 6) is 0. The molecule has 0 aliphatic carbocycles. The van der Waals surface area contributed by atoms with E-state index in [9.17, 15) is 0 Å². The third-order valence-corrected chi connectivity index (χ3v) is 1.05. The molecule has 0 aromatic carbocycles. The van der Waals surface area contributed by atoms with E-state index < -0.39 is 6.29 Å². The smallest absolute Gasteiger partial charge is 0.178 e. The molecule has 15 heavy (non-hydrogen) atoms. The van der Waals surface area contributed by atoms with Crippen LogP contribution in [0.15, 0.2) is 25.7 Å². The third kappa shape index (κ3) is 19.5. The summed E-state index contributed by atoms with van der Waals surface area (Å²) in [5, 5.41) is 17.1. The van der Waals surface area contributed by atoms with Crippen LogP contribution in [0.1, 0.15) is 6.92 Å². The highest BCUT2D eigenvalue weighted by molar-refractivity contribution is 4.57. The lowest BCUT2D eigenvalue weighted by atomic mass is 10.6. The normalized spacial score (nSPS) is 10.9. The predicted molar refractivity (Wildman–Crippen MR) is 57.0 cm³/mol. The van der Waals surface area contributed by atoms with Crippen LogP contribution in [0.4, 0.5) is 0 Å². The fourth-order valence-corrected chi connectivity index (χ4v) is 0.557. The summed E-state index contributed by atoms with van der Waals surface area (Å²) in [5.41, 5.74) is 0. The molecule has 0 aromatic rings. The number of hydrogen-bond acceptors (Lipinski definition) is 5. The van der Waals surface area contributed by atoms with Crippen LogP contribution in [0.3, 0.4) is 0 Å². The molecule has 0 radical (unpaired) electrons. The third-order valence-electron chi connectivity index (χ3n) is 1.05. The largest absolute Gasteiger partial charge is 0.474 e. The van der Waals surface area contributed by atoms with Crippen molar-refractivity contribution < 1.29 is 24.4 Å². The van der Waals surface area contributed by atoms with Crippen LogP contribution in [0, 0.1) is 0 Å². The van der Waals surface area contributed by atoms with Crippen molar-refractivity contribution in [2.24, 2.45) is 0 Å². The molecule has 5 nitrogen and oxygen atoms in total. The van der Waals surface area contributed by atoms with Gasteiger partial charge in [-0.2, -0.15) is 0 Å². The Morgan fingerprint density at radius 2 is 1.93 bits per heavy atom. The molecule has 0 aliphatic heterocycles. The van der Waals surface area contributed by atoms with Crippen molar-refractivity contribution in [3.8, 4) is 0 Å². The zero-order valence-electron chi connectivity index (χ0n) is 9.09. The standard InChI is InChI=1S/C6H14O4.C4H6O/c1-2-10-6(8)5-9-4-3-7;1-3-5-4-2/h6-8H,2-5H2,1H3;3-4H,1-2H2. The minimum Gasteiger partial charge on any atom is -0.474 e. The van der Waals surface area contributed by atoms with E-state index in [1.807, 2.05) is 0 Å². The average Bonchev–Trinajstić information content (AvgIpc) is 2.21. The van der Waals surface area contributed by atoms with E-state index in [-0.39, 0.29) is 19.8 Å². The van der Waals surface area contributed by atoms with Gasteiger partial charge in [-0.1, -0.05) is 13.2 Å². The van der Waals surface area contributed by atoms with Crippen molar-refractivity contribution in [1.82, 2.24) is 0 Å². The molecule has 0 saturated carbocycles. The van der Waals surface area contributed by atoms with Crippen LogP contribution < -0.4 is 0 Å². The molecule has 0 aromatic heterocycles. The zero-order valence-corrected chi connectivity index (χ0v) is 9.09. The van der Waals surface area contributed by atoms with Gasteiger partial charge in [0.25, 0.3) is 0 Å². The fourth-order valence-electron chi connectivity index (χ4n) is 0.557. The van der Waals surface area contributed by atoms with Gasteiger partial charge in [-0.25, -0.2) is 0 Å². The molecular formula is C10H20O5. The van der Waals surface area contributed by atoms with E-state index in [1.54, 1.807) is 6.92 Å². The van der Waals surface area contributed by atoms with Gasteiger partial charge in [0.2, 0.25) is 0 Å². The lowest BCUT2D eigenvalue weighted by Crippen LogP contribution is -2.19. The molecule has 0 bridgehead atoms. The molecular weight excluding hydrogens is 200 g/mol. The Bertz CT molecular complexity index is 132. The van der Waals surface area contributed by atoms with Crippen LogP contribution >= 0.6 is 0 Å². The molecule has 0 spiro atoms. The van der Waals surface area contributed by atoms with Gasteiger partial charge in [0.1, 0.15) is 0 Å². The molecule has 1 atom stereocenters. The van der Waals surface area contributed by atoms with E-state index in [1.165, 1.54) is 12.5 Å². The van der Waals surface area contributed by atoms with Crippen molar-refractivity contribution in [2.45, 2.75) is 13.2 Å². The molecule has 0 aliphatic rings. The highest BCUT2D eigenvalue weighted by atomic mass is 16.6. The Balaban J connectivity index is 0. The summed E-state index contributed by atoms with van der Waals surface area (Å²) in [7, 11) is 0. The molecule has 0 fully saturated rings. The van der Waals surface area contributed by atoms with Crippen LogP contribution in [-0.4, -0.2) is 42.9 Å². The lowest BCUT2D eigenvalue weighted by molar-refractivity contribution is -0.136. The Labute approximate surface area is 90.6 Å². The van der Waals surface area contributed by atoms with Crippen LogP contribution in [0.2, 0.25) is 0 Å². The van der Waals surface area contributed by atoms with E-state index >= 15 is 0 Å². The van der Waals surface area contributed by atoms with Crippen molar-refractivity contribution in [1.29, 1.82) is 0 Å². The number of aliphatic hydroxyl groups is 2. The molecule has 90 valence electrons. The maximum Gasteiger partial charge on any atom is 0.178 e. The Hall–Kier alpha value is -0.880.